The van der Waals surface area contributed by atoms with Gasteiger partial charge in [0, 0.05) is 36.0 Å². The van der Waals surface area contributed by atoms with Gasteiger partial charge in [-0.1, -0.05) is 11.6 Å². The van der Waals surface area contributed by atoms with Crippen LogP contribution in [0, 0.1) is 6.92 Å². The quantitative estimate of drug-likeness (QED) is 0.262. The van der Waals surface area contributed by atoms with Gasteiger partial charge in [-0.05, 0) is 56.5 Å². The molecule has 1 saturated heterocycles. The normalized spacial score (nSPS) is 15.2. The number of carbonyl (C=O) groups excluding carboxylic acids is 1. The second-order valence-corrected chi connectivity index (χ2v) is 9.81. The SMILES string of the molecule is COc1cc(-n2cc(C)c(Nc3ccc4c(cnn4C4CCCCO4)c3Cl)n2)ccc1C(=O)Nc1ccncn1. The molecule has 3 aromatic heterocycles. The lowest BCUT2D eigenvalue weighted by molar-refractivity contribution is -0.0366. The van der Waals surface area contributed by atoms with Gasteiger partial charge in [-0.15, -0.1) is 5.10 Å². The van der Waals surface area contributed by atoms with Gasteiger partial charge < -0.3 is 20.1 Å². The predicted molar refractivity (Wildman–Crippen MR) is 152 cm³/mol. The molecule has 0 aliphatic carbocycles. The maximum absolute atomic E-state index is 12.8. The Kier molecular flexibility index (Phi) is 7.06. The summed E-state index contributed by atoms with van der Waals surface area (Å²) in [7, 11) is 1.52. The number of nitrogens with one attached hydrogen (secondary N) is 2. The highest BCUT2D eigenvalue weighted by Crippen LogP contribution is 2.36. The molecule has 0 saturated carbocycles. The van der Waals surface area contributed by atoms with E-state index in [1.807, 2.05) is 29.9 Å². The fraction of sp³-hybridized carbons (Fsp3) is 0.250. The van der Waals surface area contributed by atoms with Gasteiger partial charge in [0.05, 0.1) is 40.8 Å². The third-order valence-electron chi connectivity index (χ3n) is 6.81. The number of carbonyl (C=O) groups is 1. The largest absolute Gasteiger partial charge is 0.496 e. The number of fused-ring (bicyclic) bond motifs is 1. The molecule has 6 rings (SSSR count). The van der Waals surface area contributed by atoms with Crippen molar-refractivity contribution in [3.8, 4) is 11.4 Å². The Hall–Kier alpha value is -4.48. The first kappa shape index (κ1) is 25.8. The summed E-state index contributed by atoms with van der Waals surface area (Å²) < 4.78 is 15.1. The van der Waals surface area contributed by atoms with E-state index in [-0.39, 0.29) is 12.1 Å². The lowest BCUT2D eigenvalue weighted by Crippen LogP contribution is -2.18. The van der Waals surface area contributed by atoms with Crippen LogP contribution in [0.15, 0.2) is 61.3 Å². The van der Waals surface area contributed by atoms with Crippen molar-refractivity contribution in [3.63, 3.8) is 0 Å². The summed E-state index contributed by atoms with van der Waals surface area (Å²) >= 11 is 6.81. The molecule has 5 aromatic rings. The first-order valence-electron chi connectivity index (χ1n) is 12.9. The molecule has 11 nitrogen and oxygen atoms in total. The highest BCUT2D eigenvalue weighted by Gasteiger charge is 2.21. The van der Waals surface area contributed by atoms with Crippen LogP contribution in [0.5, 0.6) is 5.75 Å². The van der Waals surface area contributed by atoms with E-state index in [1.54, 1.807) is 41.3 Å². The first-order valence-corrected chi connectivity index (χ1v) is 13.3. The molecule has 1 fully saturated rings. The Labute approximate surface area is 235 Å². The van der Waals surface area contributed by atoms with Gasteiger partial charge in [-0.25, -0.2) is 19.3 Å². The number of benzene rings is 2. The average Bonchev–Trinajstić information content (AvgIpc) is 3.59. The van der Waals surface area contributed by atoms with E-state index >= 15 is 0 Å². The van der Waals surface area contributed by atoms with Crippen LogP contribution in [0.4, 0.5) is 17.3 Å². The summed E-state index contributed by atoms with van der Waals surface area (Å²) in [5.74, 6) is 1.11. The number of aryl methyl sites for hydroxylation is 1. The molecule has 204 valence electrons. The van der Waals surface area contributed by atoms with Crippen LogP contribution in [0.1, 0.15) is 41.4 Å². The molecule has 12 heteroatoms. The van der Waals surface area contributed by atoms with E-state index in [0.29, 0.717) is 28.0 Å². The van der Waals surface area contributed by atoms with E-state index in [4.69, 9.17) is 26.2 Å². The molecule has 1 unspecified atom stereocenters. The van der Waals surface area contributed by atoms with Crippen LogP contribution in [-0.2, 0) is 4.74 Å². The maximum atomic E-state index is 12.8. The third-order valence-corrected chi connectivity index (χ3v) is 7.22. The van der Waals surface area contributed by atoms with Crippen molar-refractivity contribution in [1.29, 1.82) is 0 Å². The molecule has 1 amide bonds. The Morgan fingerprint density at radius 3 is 2.88 bits per heavy atom. The Morgan fingerprint density at radius 2 is 2.10 bits per heavy atom. The maximum Gasteiger partial charge on any atom is 0.260 e. The summed E-state index contributed by atoms with van der Waals surface area (Å²) in [5.41, 5.74) is 3.65. The lowest BCUT2D eigenvalue weighted by atomic mass is 10.1. The minimum absolute atomic E-state index is 0.0687. The van der Waals surface area contributed by atoms with E-state index in [2.05, 4.69) is 25.7 Å². The number of hydrogen-bond acceptors (Lipinski definition) is 8. The number of methoxy groups -OCH3 is 1. The molecule has 1 aliphatic heterocycles. The number of ether oxygens (including phenoxy) is 2. The molecule has 1 aliphatic rings. The number of nitrogens with zero attached hydrogens (tertiary/aromatic N) is 6. The molecule has 0 spiro atoms. The fourth-order valence-electron chi connectivity index (χ4n) is 4.73. The number of aromatic nitrogens is 6. The highest BCUT2D eigenvalue weighted by molar-refractivity contribution is 6.38. The molecule has 0 bridgehead atoms. The topological polar surface area (TPSA) is 121 Å². The van der Waals surface area contributed by atoms with Crippen LogP contribution < -0.4 is 15.4 Å². The van der Waals surface area contributed by atoms with Gasteiger partial charge in [0.1, 0.15) is 17.9 Å². The van der Waals surface area contributed by atoms with Gasteiger partial charge in [0.2, 0.25) is 0 Å². The highest BCUT2D eigenvalue weighted by atomic mass is 35.5. The van der Waals surface area contributed by atoms with Crippen LogP contribution in [0.3, 0.4) is 0 Å². The van der Waals surface area contributed by atoms with Crippen LogP contribution in [0.25, 0.3) is 16.6 Å². The zero-order valence-corrected chi connectivity index (χ0v) is 22.7. The Morgan fingerprint density at radius 1 is 1.20 bits per heavy atom. The van der Waals surface area contributed by atoms with E-state index in [0.717, 1.165) is 53.7 Å². The molecular formula is C28H27ClN8O3. The van der Waals surface area contributed by atoms with Crippen molar-refractivity contribution < 1.29 is 14.3 Å². The first-order chi connectivity index (χ1) is 19.5. The molecule has 4 heterocycles. The van der Waals surface area contributed by atoms with Crippen molar-refractivity contribution in [2.75, 3.05) is 24.4 Å². The summed E-state index contributed by atoms with van der Waals surface area (Å²) in [4.78, 5) is 20.7. The van der Waals surface area contributed by atoms with Gasteiger partial charge in [-0.3, -0.25) is 4.79 Å². The predicted octanol–water partition coefficient (Wildman–Crippen LogP) is 5.68. The van der Waals surface area contributed by atoms with Crippen molar-refractivity contribution in [1.82, 2.24) is 29.5 Å². The third kappa shape index (κ3) is 4.96. The second kappa shape index (κ2) is 10.9. The van der Waals surface area contributed by atoms with E-state index < -0.39 is 0 Å². The van der Waals surface area contributed by atoms with Crippen molar-refractivity contribution in [2.45, 2.75) is 32.4 Å². The minimum Gasteiger partial charge on any atom is -0.496 e. The van der Waals surface area contributed by atoms with Gasteiger partial charge in [0.25, 0.3) is 5.91 Å². The second-order valence-electron chi connectivity index (χ2n) is 9.43. The van der Waals surface area contributed by atoms with E-state index in [1.165, 1.54) is 13.4 Å². The number of anilines is 3. The number of amides is 1. The molecule has 2 N–H and O–H groups in total. The van der Waals surface area contributed by atoms with Crippen molar-refractivity contribution in [3.05, 3.63) is 77.5 Å². The van der Waals surface area contributed by atoms with E-state index in [9.17, 15) is 4.79 Å². The Balaban J connectivity index is 1.23. The molecule has 1 atom stereocenters. The van der Waals surface area contributed by atoms with Crippen molar-refractivity contribution in [2.24, 2.45) is 0 Å². The summed E-state index contributed by atoms with van der Waals surface area (Å²) in [6, 6.07) is 10.8. The number of halogens is 1. The molecule has 40 heavy (non-hydrogen) atoms. The number of rotatable bonds is 7. The lowest BCUT2D eigenvalue weighted by Gasteiger charge is -2.23. The van der Waals surface area contributed by atoms with Crippen LogP contribution in [0.2, 0.25) is 5.02 Å². The minimum atomic E-state index is -0.343. The average molecular weight is 559 g/mol. The smallest absolute Gasteiger partial charge is 0.260 e. The fourth-order valence-corrected chi connectivity index (χ4v) is 4.99. The van der Waals surface area contributed by atoms with Crippen LogP contribution in [-0.4, -0.2) is 49.2 Å². The van der Waals surface area contributed by atoms with Gasteiger partial charge in [0.15, 0.2) is 12.0 Å². The molecular weight excluding hydrogens is 532 g/mol. The van der Waals surface area contributed by atoms with Crippen molar-refractivity contribution >= 4 is 45.7 Å². The zero-order valence-electron chi connectivity index (χ0n) is 22.0. The van der Waals surface area contributed by atoms with Gasteiger partial charge in [-0.2, -0.15) is 5.10 Å². The standard InChI is InChI=1S/C28H27ClN8O3/c1-17-15-36(18-6-7-19(23(13-18)39-2)28(38)34-24-10-11-30-16-31-24)35-27(17)33-21-8-9-22-20(26(21)29)14-32-37(22)25-5-3-4-12-40-25/h6-11,13-16,25H,3-5,12H2,1-2H3,(H,33,35)(H,30,31,34,38). The monoisotopic (exact) mass is 558 g/mol. The zero-order chi connectivity index (χ0) is 27.6. The number of hydrogen-bond donors (Lipinski definition) is 2. The summed E-state index contributed by atoms with van der Waals surface area (Å²) in [6.07, 6.45) is 9.65. The van der Waals surface area contributed by atoms with Gasteiger partial charge >= 0.3 is 0 Å². The summed E-state index contributed by atoms with van der Waals surface area (Å²) in [5, 5.41) is 16.8. The molecule has 2 aromatic carbocycles. The van der Waals surface area contributed by atoms with Crippen LogP contribution >= 0.6 is 11.6 Å². The summed E-state index contributed by atoms with van der Waals surface area (Å²) in [6.45, 7) is 2.70. The molecule has 0 radical (unpaired) electrons. The Bertz CT molecular complexity index is 1680.